The highest BCUT2D eigenvalue weighted by Gasteiger charge is 2.18. The molecule has 2 atom stereocenters. The number of nitro groups is 1. The molecule has 0 fully saturated rings. The van der Waals surface area contributed by atoms with E-state index < -0.39 is 17.1 Å². The number of rotatable bonds is 5. The fourth-order valence-electron chi connectivity index (χ4n) is 2.02. The van der Waals surface area contributed by atoms with Gasteiger partial charge in [-0.3, -0.25) is 10.1 Å². The number of hydrogen-bond acceptors (Lipinski definition) is 4. The first-order valence-corrected chi connectivity index (χ1v) is 6.30. The van der Waals surface area contributed by atoms with Gasteiger partial charge in [0.1, 0.15) is 0 Å². The minimum Gasteiger partial charge on any atom is -0.391 e. The Hall–Kier alpha value is -1.95. The van der Waals surface area contributed by atoms with Gasteiger partial charge in [-0.25, -0.2) is 0 Å². The van der Waals surface area contributed by atoms with E-state index in [1.54, 1.807) is 12.1 Å². The molecule has 2 aromatic carbocycles. The number of aliphatic hydroxyl groups is 1. The largest absolute Gasteiger partial charge is 0.391 e. The topological polar surface area (TPSA) is 89.4 Å². The first kappa shape index (κ1) is 17.1. The number of nitrogens with zero attached hydrogens (tertiary/aromatic N) is 1. The Morgan fingerprint density at radius 3 is 2.19 bits per heavy atom. The van der Waals surface area contributed by atoms with Gasteiger partial charge >= 0.3 is 0 Å². The first-order valence-electron chi connectivity index (χ1n) is 6.30. The summed E-state index contributed by atoms with van der Waals surface area (Å²) < 4.78 is 0. The van der Waals surface area contributed by atoms with Crippen LogP contribution in [0.4, 0.5) is 5.69 Å². The van der Waals surface area contributed by atoms with E-state index in [4.69, 9.17) is 5.73 Å². The lowest BCUT2D eigenvalue weighted by Crippen LogP contribution is -2.28. The number of halogens is 1. The van der Waals surface area contributed by atoms with Crippen molar-refractivity contribution in [2.24, 2.45) is 5.73 Å². The van der Waals surface area contributed by atoms with Gasteiger partial charge in [0, 0.05) is 18.6 Å². The van der Waals surface area contributed by atoms with Crippen molar-refractivity contribution in [2.75, 3.05) is 0 Å². The van der Waals surface area contributed by atoms with Crippen molar-refractivity contribution in [3.05, 3.63) is 75.8 Å². The smallest absolute Gasteiger partial charge is 0.269 e. The molecule has 6 heteroatoms. The van der Waals surface area contributed by atoms with E-state index in [0.29, 0.717) is 12.0 Å². The zero-order chi connectivity index (χ0) is 14.5. The zero-order valence-electron chi connectivity index (χ0n) is 11.3. The van der Waals surface area contributed by atoms with Crippen LogP contribution in [0.2, 0.25) is 0 Å². The number of aliphatic hydroxyl groups excluding tert-OH is 1. The van der Waals surface area contributed by atoms with E-state index in [2.05, 4.69) is 0 Å². The Kier molecular flexibility index (Phi) is 6.30. The molecule has 0 amide bonds. The van der Waals surface area contributed by atoms with Crippen LogP contribution in [0.3, 0.4) is 0 Å². The summed E-state index contributed by atoms with van der Waals surface area (Å²) in [5, 5.41) is 20.7. The van der Waals surface area contributed by atoms with Gasteiger partial charge in [-0.15, -0.1) is 12.4 Å². The number of benzene rings is 2. The number of non-ortho nitro benzene ring substituents is 1. The Labute approximate surface area is 129 Å². The molecule has 21 heavy (non-hydrogen) atoms. The highest BCUT2D eigenvalue weighted by atomic mass is 35.5. The molecule has 0 heterocycles. The van der Waals surface area contributed by atoms with Crippen LogP contribution in [0, 0.1) is 10.1 Å². The van der Waals surface area contributed by atoms with Crippen LogP contribution in [0.25, 0.3) is 0 Å². The molecule has 3 N–H and O–H groups in total. The Morgan fingerprint density at radius 1 is 1.10 bits per heavy atom. The summed E-state index contributed by atoms with van der Waals surface area (Å²) in [7, 11) is 0. The normalized spacial score (nSPS) is 13.0. The number of nitrogens with two attached hydrogens (primary N) is 1. The first-order chi connectivity index (χ1) is 9.58. The molecular weight excluding hydrogens is 292 g/mol. The summed E-state index contributed by atoms with van der Waals surface area (Å²) in [6.07, 6.45) is -0.294. The quantitative estimate of drug-likeness (QED) is 0.656. The van der Waals surface area contributed by atoms with E-state index >= 15 is 0 Å². The van der Waals surface area contributed by atoms with Crippen LogP contribution in [-0.4, -0.2) is 16.1 Å². The minimum atomic E-state index is -0.737. The average molecular weight is 309 g/mol. The zero-order valence-corrected chi connectivity index (χ0v) is 12.1. The lowest BCUT2D eigenvalue weighted by molar-refractivity contribution is -0.384. The lowest BCUT2D eigenvalue weighted by Gasteiger charge is -2.19. The maximum absolute atomic E-state index is 10.6. The van der Waals surface area contributed by atoms with E-state index in [1.807, 2.05) is 30.3 Å². The molecule has 0 saturated carbocycles. The second-order valence-electron chi connectivity index (χ2n) is 4.63. The summed E-state index contributed by atoms with van der Waals surface area (Å²) in [6.45, 7) is 0. The Bertz CT molecular complexity index is 575. The predicted octanol–water partition coefficient (Wildman–Crippen LogP) is 2.62. The van der Waals surface area contributed by atoms with Crippen molar-refractivity contribution in [1.29, 1.82) is 0 Å². The molecule has 5 nitrogen and oxygen atoms in total. The van der Waals surface area contributed by atoms with Crippen LogP contribution < -0.4 is 5.73 Å². The lowest BCUT2D eigenvalue weighted by atomic mass is 9.97. The van der Waals surface area contributed by atoms with Crippen molar-refractivity contribution in [1.82, 2.24) is 0 Å². The predicted molar refractivity (Wildman–Crippen MR) is 83.4 cm³/mol. The van der Waals surface area contributed by atoms with Crippen LogP contribution in [0.15, 0.2) is 54.6 Å². The van der Waals surface area contributed by atoms with E-state index in [9.17, 15) is 15.2 Å². The SMILES string of the molecule is Cl.N[C@@H](c1ccc([N+](=O)[O-])cc1)[C@H](O)Cc1ccccc1. The van der Waals surface area contributed by atoms with Crippen LogP contribution >= 0.6 is 12.4 Å². The van der Waals surface area contributed by atoms with Gasteiger partial charge in [-0.1, -0.05) is 42.5 Å². The van der Waals surface area contributed by atoms with E-state index in [0.717, 1.165) is 5.56 Å². The van der Waals surface area contributed by atoms with Gasteiger partial charge in [-0.05, 0) is 11.1 Å². The molecule has 0 unspecified atom stereocenters. The third kappa shape index (κ3) is 4.53. The second-order valence-corrected chi connectivity index (χ2v) is 4.63. The standard InChI is InChI=1S/C15H16N2O3.ClH/c16-15(12-6-8-13(9-7-12)17(19)20)14(18)10-11-4-2-1-3-5-11;/h1-9,14-15,18H,10,16H2;1H/t14-,15+;/m1./s1. The maximum atomic E-state index is 10.6. The van der Waals surface area contributed by atoms with E-state index in [1.165, 1.54) is 12.1 Å². The highest BCUT2D eigenvalue weighted by Crippen LogP contribution is 2.20. The molecule has 0 aliphatic heterocycles. The van der Waals surface area contributed by atoms with Crippen molar-refractivity contribution < 1.29 is 10.0 Å². The molecule has 0 radical (unpaired) electrons. The maximum Gasteiger partial charge on any atom is 0.269 e. The van der Waals surface area contributed by atoms with Crippen molar-refractivity contribution in [3.8, 4) is 0 Å². The Balaban J connectivity index is 0.00000220. The summed E-state index contributed by atoms with van der Waals surface area (Å²) >= 11 is 0. The van der Waals surface area contributed by atoms with Gasteiger partial charge in [0.2, 0.25) is 0 Å². The Morgan fingerprint density at radius 2 is 1.67 bits per heavy atom. The molecule has 0 saturated heterocycles. The summed E-state index contributed by atoms with van der Waals surface area (Å²) in [6, 6.07) is 14.9. The third-order valence-electron chi connectivity index (χ3n) is 3.19. The molecule has 112 valence electrons. The fourth-order valence-corrected chi connectivity index (χ4v) is 2.02. The molecule has 0 aliphatic rings. The van der Waals surface area contributed by atoms with Gasteiger partial charge in [0.25, 0.3) is 5.69 Å². The molecule has 0 bridgehead atoms. The monoisotopic (exact) mass is 308 g/mol. The van der Waals surface area contributed by atoms with E-state index in [-0.39, 0.29) is 18.1 Å². The molecule has 2 aromatic rings. The second kappa shape index (κ2) is 7.73. The molecule has 0 spiro atoms. The number of nitro benzene ring substituents is 1. The van der Waals surface area contributed by atoms with Gasteiger partial charge in [-0.2, -0.15) is 0 Å². The van der Waals surface area contributed by atoms with Gasteiger partial charge < -0.3 is 10.8 Å². The molecule has 0 aliphatic carbocycles. The van der Waals surface area contributed by atoms with Crippen LogP contribution in [-0.2, 0) is 6.42 Å². The minimum absolute atomic E-state index is 0. The highest BCUT2D eigenvalue weighted by molar-refractivity contribution is 5.85. The van der Waals surface area contributed by atoms with Gasteiger partial charge in [0.15, 0.2) is 0 Å². The summed E-state index contributed by atoms with van der Waals surface area (Å²) in [5.74, 6) is 0. The summed E-state index contributed by atoms with van der Waals surface area (Å²) in [5.41, 5.74) is 7.68. The molecular formula is C15H17ClN2O3. The van der Waals surface area contributed by atoms with Crippen LogP contribution in [0.1, 0.15) is 17.2 Å². The molecule has 0 aromatic heterocycles. The third-order valence-corrected chi connectivity index (χ3v) is 3.19. The molecule has 2 rings (SSSR count). The fraction of sp³-hybridized carbons (Fsp3) is 0.200. The van der Waals surface area contributed by atoms with Crippen LogP contribution in [0.5, 0.6) is 0 Å². The van der Waals surface area contributed by atoms with Gasteiger partial charge in [0.05, 0.1) is 17.1 Å². The number of hydrogen-bond donors (Lipinski definition) is 2. The van der Waals surface area contributed by atoms with Crippen molar-refractivity contribution in [2.45, 2.75) is 18.6 Å². The summed E-state index contributed by atoms with van der Waals surface area (Å²) in [4.78, 5) is 10.1. The van der Waals surface area contributed by atoms with Crippen molar-refractivity contribution >= 4 is 18.1 Å². The van der Waals surface area contributed by atoms with Crippen molar-refractivity contribution in [3.63, 3.8) is 0 Å². The average Bonchev–Trinajstić information content (AvgIpc) is 2.47.